The Bertz CT molecular complexity index is 8250. The maximum atomic E-state index is 8.57. The topological polar surface area (TPSA) is 23.9 Å². The van der Waals surface area contributed by atoms with Crippen LogP contribution in [0.25, 0.3) is 128 Å². The number of rotatable bonds is 11. The molecule has 640 valence electrons. The van der Waals surface area contributed by atoms with Gasteiger partial charge in [0.1, 0.15) is 11.5 Å². The van der Waals surface area contributed by atoms with Gasteiger partial charge in [-0.05, 0) is 217 Å². The number of benzene rings is 20. The minimum Gasteiger partial charge on any atom is -0.458 e. The van der Waals surface area contributed by atoms with Gasteiger partial charge in [-0.25, -0.2) is 0 Å². The summed E-state index contributed by atoms with van der Waals surface area (Å²) in [7, 11) is 0. The van der Waals surface area contributed by atoms with Crippen LogP contribution in [0.3, 0.4) is 0 Å². The third-order valence-electron chi connectivity index (χ3n) is 30.1. The summed E-state index contributed by atoms with van der Waals surface area (Å²) in [5.41, 5.74) is 47.1. The molecule has 0 saturated carbocycles. The first-order valence-corrected chi connectivity index (χ1v) is 47.8. The standard InChI is InChI=1S/C129H92B2N4O/c1-127(2,3)88-73-100(83-45-17-9-18-46-83)125(101(74-88)84-47-19-10-20-48-84)133-114-70-38-34-66-108(114)131-110-79-109-115(80-119(110)136-120-72-87(71-116(133)123(120)131)91-58-39-61-99-96-55-27-32-64-106(96)129(121(91)99)104-62-30-25-53-94(104)95-54-26-31-63-105(95)129)135(124-92(81-41-13-7-14-42-81)59-40-60-93(124)82-43-15-8-16-44-82)118-78-90(132-111-67-35-28-56-97(111)98-57-29-36-68-112(98)132)77-117-122(118)130(109)107-65-33-37-69-113(107)134(117)126-102(85-49-21-11-22-50-85)75-89(128(4,5)6)76-103(126)86-51-23-12-24-52-86/h7-80H,1-6H3. The number of anilines is 9. The second-order valence-electron chi connectivity index (χ2n) is 39.6. The van der Waals surface area contributed by atoms with Gasteiger partial charge >= 0.3 is 0 Å². The molecule has 5 nitrogen and oxygen atoms in total. The van der Waals surface area contributed by atoms with E-state index in [0.717, 1.165) is 168 Å². The number of nitrogens with zero attached hydrogens (tertiary/aromatic N) is 4. The molecule has 0 N–H and O–H groups in total. The molecule has 136 heavy (non-hydrogen) atoms. The summed E-state index contributed by atoms with van der Waals surface area (Å²) in [5, 5.41) is 2.38. The highest BCUT2D eigenvalue weighted by Gasteiger charge is 2.55. The maximum Gasteiger partial charge on any atom is 0.256 e. The van der Waals surface area contributed by atoms with E-state index in [9.17, 15) is 0 Å². The van der Waals surface area contributed by atoms with E-state index in [-0.39, 0.29) is 24.3 Å². The van der Waals surface area contributed by atoms with Crippen LogP contribution in [0, 0.1) is 0 Å². The minimum absolute atomic E-state index is 0.228. The molecule has 0 fully saturated rings. The fourth-order valence-corrected chi connectivity index (χ4v) is 24.2. The van der Waals surface area contributed by atoms with E-state index in [4.69, 9.17) is 4.74 Å². The Hall–Kier alpha value is -16.5. The Balaban J connectivity index is 0.794. The molecule has 1 spiro atoms. The van der Waals surface area contributed by atoms with Gasteiger partial charge in [-0.1, -0.05) is 412 Å². The number of hydrogen-bond donors (Lipinski definition) is 0. The molecule has 27 rings (SSSR count). The SMILES string of the molecule is CC(C)(C)c1cc(-c2ccccc2)c(N2c3ccccc3B3c4cc5c(cc4Oc4cc(-c6cccc7c6C6(c8ccccc8-c8ccccc86)c6ccccc6-7)cc2c43)N(c2c(-c3ccccc3)cccc2-c2ccccc2)c2cc(-n3c4ccccc4c4ccccc43)cc3c2B5c2ccccc2N3c2c(-c3ccccc3)cc(C(C)(C)C)cc2-c2ccccc2)c(-c2ccccc2)c1. The number of para-hydroxylation sites is 5. The van der Waals surface area contributed by atoms with Gasteiger partial charge in [0.15, 0.2) is 0 Å². The Labute approximate surface area is 795 Å². The fraction of sp³-hybridized carbons (Fsp3) is 0.0698. The van der Waals surface area contributed by atoms with Gasteiger partial charge in [0.05, 0.1) is 39.2 Å². The van der Waals surface area contributed by atoms with Crippen LogP contribution in [0.1, 0.15) is 74.9 Å². The van der Waals surface area contributed by atoms with Crippen molar-refractivity contribution < 1.29 is 4.74 Å². The fourth-order valence-electron chi connectivity index (χ4n) is 24.2. The van der Waals surface area contributed by atoms with Gasteiger partial charge in [-0.3, -0.25) is 0 Å². The number of ether oxygens (including phenoxy) is 1. The lowest BCUT2D eigenvalue weighted by atomic mass is 9.30. The lowest BCUT2D eigenvalue weighted by Gasteiger charge is -2.47. The Morgan fingerprint density at radius 3 is 1.01 bits per heavy atom. The van der Waals surface area contributed by atoms with E-state index >= 15 is 0 Å². The largest absolute Gasteiger partial charge is 0.458 e. The second-order valence-corrected chi connectivity index (χ2v) is 39.6. The van der Waals surface area contributed by atoms with Crippen molar-refractivity contribution in [2.75, 3.05) is 14.7 Å². The third-order valence-corrected chi connectivity index (χ3v) is 30.1. The molecule has 0 saturated heterocycles. The van der Waals surface area contributed by atoms with E-state index in [1.165, 1.54) is 88.3 Å². The normalized spacial score (nSPS) is 13.6. The molecule has 2 aliphatic carbocycles. The molecule has 0 unspecified atom stereocenters. The van der Waals surface area contributed by atoms with Crippen LogP contribution in [-0.4, -0.2) is 18.0 Å². The Kier molecular flexibility index (Phi) is 17.7. The Morgan fingerprint density at radius 2 is 0.566 bits per heavy atom. The van der Waals surface area contributed by atoms with Crippen molar-refractivity contribution in [2.45, 2.75) is 57.8 Å². The first-order chi connectivity index (χ1) is 66.8. The smallest absolute Gasteiger partial charge is 0.256 e. The van der Waals surface area contributed by atoms with Gasteiger partial charge in [0.2, 0.25) is 0 Å². The molecule has 6 aliphatic rings. The molecule has 21 aromatic rings. The molecule has 4 aliphatic heterocycles. The van der Waals surface area contributed by atoms with Crippen LogP contribution in [0.2, 0.25) is 0 Å². The highest BCUT2D eigenvalue weighted by atomic mass is 16.5. The molecule has 1 aromatic heterocycles. The van der Waals surface area contributed by atoms with Gasteiger partial charge < -0.3 is 24.0 Å². The number of hydrogen-bond acceptors (Lipinski definition) is 4. The van der Waals surface area contributed by atoms with E-state index < -0.39 is 5.41 Å². The first-order valence-electron chi connectivity index (χ1n) is 47.8. The van der Waals surface area contributed by atoms with Gasteiger partial charge in [-0.15, -0.1) is 0 Å². The molecule has 7 heteroatoms. The summed E-state index contributed by atoms with van der Waals surface area (Å²) in [6, 6.07) is 171. The van der Waals surface area contributed by atoms with E-state index in [1.54, 1.807) is 0 Å². The molecule has 0 amide bonds. The molecule has 5 heterocycles. The summed E-state index contributed by atoms with van der Waals surface area (Å²) >= 11 is 0. The highest BCUT2D eigenvalue weighted by Crippen LogP contribution is 2.66. The van der Waals surface area contributed by atoms with E-state index in [2.05, 4.69) is 510 Å². The van der Waals surface area contributed by atoms with Gasteiger partial charge in [0, 0.05) is 84.3 Å². The summed E-state index contributed by atoms with van der Waals surface area (Å²) < 4.78 is 11.1. The van der Waals surface area contributed by atoms with Gasteiger partial charge in [-0.2, -0.15) is 0 Å². The van der Waals surface area contributed by atoms with Crippen molar-refractivity contribution in [3.05, 3.63) is 482 Å². The zero-order chi connectivity index (χ0) is 90.6. The van der Waals surface area contributed by atoms with E-state index in [0.29, 0.717) is 0 Å². The molecular formula is C129H92B2N4O. The van der Waals surface area contributed by atoms with Crippen molar-refractivity contribution in [3.63, 3.8) is 0 Å². The summed E-state index contributed by atoms with van der Waals surface area (Å²) in [6.45, 7) is 13.4. The van der Waals surface area contributed by atoms with Crippen LogP contribution in [0.5, 0.6) is 11.5 Å². The Morgan fingerprint density at radius 1 is 0.228 bits per heavy atom. The van der Waals surface area contributed by atoms with Crippen LogP contribution in [0.4, 0.5) is 51.2 Å². The summed E-state index contributed by atoms with van der Waals surface area (Å²) in [5.74, 6) is 1.60. The van der Waals surface area contributed by atoms with Crippen molar-refractivity contribution in [3.8, 4) is 117 Å². The van der Waals surface area contributed by atoms with Crippen molar-refractivity contribution in [1.29, 1.82) is 0 Å². The summed E-state index contributed by atoms with van der Waals surface area (Å²) in [4.78, 5) is 8.07. The predicted octanol–water partition coefficient (Wildman–Crippen LogP) is 29.9. The third kappa shape index (κ3) is 11.8. The van der Waals surface area contributed by atoms with Crippen LogP contribution >= 0.6 is 0 Å². The molecule has 0 atom stereocenters. The zero-order valence-corrected chi connectivity index (χ0v) is 76.6. The van der Waals surface area contributed by atoms with Gasteiger partial charge in [0.25, 0.3) is 13.4 Å². The van der Waals surface area contributed by atoms with Crippen LogP contribution in [-0.2, 0) is 16.2 Å². The highest BCUT2D eigenvalue weighted by molar-refractivity contribution is 7.02. The van der Waals surface area contributed by atoms with E-state index in [1.807, 2.05) is 0 Å². The number of aromatic nitrogens is 1. The quantitative estimate of drug-likeness (QED) is 0.120. The van der Waals surface area contributed by atoms with Crippen molar-refractivity contribution in [2.24, 2.45) is 0 Å². The second kappa shape index (κ2) is 30.3. The lowest BCUT2D eigenvalue weighted by Crippen LogP contribution is -2.64. The van der Waals surface area contributed by atoms with Crippen LogP contribution in [0.15, 0.2) is 449 Å². The van der Waals surface area contributed by atoms with Crippen molar-refractivity contribution in [1.82, 2.24) is 4.57 Å². The molecule has 0 radical (unpaired) electrons. The average molecular weight is 1740 g/mol. The first kappa shape index (κ1) is 79.3. The zero-order valence-electron chi connectivity index (χ0n) is 76.6. The average Bonchev–Trinajstić information content (AvgIpc) is 1.46. The molecular weight excluding hydrogens is 1640 g/mol. The minimum atomic E-state index is -0.677. The molecule has 0 bridgehead atoms. The lowest BCUT2D eigenvalue weighted by molar-refractivity contribution is 0.488. The monoisotopic (exact) mass is 1730 g/mol. The summed E-state index contributed by atoms with van der Waals surface area (Å²) in [6.07, 6.45) is 0. The number of fused-ring (bicyclic) bond motifs is 21. The maximum absolute atomic E-state index is 8.57. The predicted molar refractivity (Wildman–Crippen MR) is 572 cm³/mol. The molecule has 20 aromatic carbocycles. The van der Waals surface area contributed by atoms with Crippen molar-refractivity contribution >= 4 is 119 Å². The van der Waals surface area contributed by atoms with Crippen LogP contribution < -0.4 is 52.2 Å².